The largest absolute Gasteiger partial charge is 0.394 e. The standard InChI is InChI=1S/C34H67NO6/c1-3-5-7-9-11-13-15-16-17-18-20-22-24-26-30(37)35(27-25-23-21-19-14-12-10-8-6-4-2)34-33(40)32(39)31(38)29(28-36)41-34/h29,31-34,36,38-40H,3-28H2,1-2H3/t29?,31-,32?,33-,34-/m1/s1. The fourth-order valence-electron chi connectivity index (χ4n) is 5.94. The van der Waals surface area contributed by atoms with E-state index < -0.39 is 37.3 Å². The molecule has 0 spiro atoms. The second-order valence-electron chi connectivity index (χ2n) is 12.5. The number of ether oxygens (including phenoxy) is 1. The van der Waals surface area contributed by atoms with Gasteiger partial charge in [-0.25, -0.2) is 0 Å². The lowest BCUT2D eigenvalue weighted by molar-refractivity contribution is -0.262. The van der Waals surface area contributed by atoms with Crippen LogP contribution in [0.5, 0.6) is 0 Å². The lowest BCUT2D eigenvalue weighted by Gasteiger charge is -2.44. The number of aliphatic hydroxyl groups excluding tert-OH is 4. The predicted molar refractivity (Wildman–Crippen MR) is 168 cm³/mol. The van der Waals surface area contributed by atoms with Crippen molar-refractivity contribution in [1.82, 2.24) is 4.90 Å². The zero-order valence-electron chi connectivity index (χ0n) is 26.8. The smallest absolute Gasteiger partial charge is 0.224 e. The third kappa shape index (κ3) is 17.2. The SMILES string of the molecule is CCCCCCCCCCCCCCCC(=O)N(CCCCCCCCCCCC)[C@@H]1OC(CO)[C@@H](O)C(O)[C@H]1O. The van der Waals surface area contributed by atoms with Gasteiger partial charge in [0.25, 0.3) is 0 Å². The van der Waals surface area contributed by atoms with Crippen molar-refractivity contribution in [2.75, 3.05) is 13.2 Å². The van der Waals surface area contributed by atoms with Crippen molar-refractivity contribution in [3.05, 3.63) is 0 Å². The van der Waals surface area contributed by atoms with E-state index in [2.05, 4.69) is 13.8 Å². The Morgan fingerprint density at radius 3 is 1.37 bits per heavy atom. The normalized spacial score (nSPS) is 22.7. The molecule has 0 saturated carbocycles. The molecule has 1 fully saturated rings. The van der Waals surface area contributed by atoms with E-state index in [4.69, 9.17) is 4.74 Å². The first-order valence-electron chi connectivity index (χ1n) is 17.6. The quantitative estimate of drug-likeness (QED) is 0.0772. The second-order valence-corrected chi connectivity index (χ2v) is 12.5. The molecule has 7 nitrogen and oxygen atoms in total. The van der Waals surface area contributed by atoms with E-state index in [0.29, 0.717) is 13.0 Å². The molecule has 1 aliphatic rings. The molecule has 0 radical (unpaired) electrons. The Labute approximate surface area is 252 Å². The fraction of sp³-hybridized carbons (Fsp3) is 0.971. The monoisotopic (exact) mass is 585 g/mol. The number of hydrogen-bond donors (Lipinski definition) is 4. The number of rotatable bonds is 27. The zero-order valence-corrected chi connectivity index (χ0v) is 26.8. The van der Waals surface area contributed by atoms with Crippen LogP contribution in [0.25, 0.3) is 0 Å². The van der Waals surface area contributed by atoms with E-state index in [0.717, 1.165) is 38.5 Å². The van der Waals surface area contributed by atoms with Crippen LogP contribution in [-0.2, 0) is 9.53 Å². The molecular weight excluding hydrogens is 518 g/mol. The van der Waals surface area contributed by atoms with Crippen LogP contribution in [0.4, 0.5) is 0 Å². The van der Waals surface area contributed by atoms with Gasteiger partial charge in [0, 0.05) is 13.0 Å². The minimum atomic E-state index is -1.47. The first-order chi connectivity index (χ1) is 20.0. The minimum absolute atomic E-state index is 0.0895. The number of nitrogens with zero attached hydrogens (tertiary/aromatic N) is 1. The third-order valence-corrected chi connectivity index (χ3v) is 8.74. The maximum Gasteiger partial charge on any atom is 0.224 e. The highest BCUT2D eigenvalue weighted by molar-refractivity contribution is 5.76. The van der Waals surface area contributed by atoms with Gasteiger partial charge in [-0.05, 0) is 12.8 Å². The molecule has 0 bridgehead atoms. The molecule has 0 aromatic heterocycles. The van der Waals surface area contributed by atoms with Gasteiger partial charge in [0.15, 0.2) is 6.23 Å². The Hall–Kier alpha value is -0.730. The highest BCUT2D eigenvalue weighted by Crippen LogP contribution is 2.25. The van der Waals surface area contributed by atoms with Gasteiger partial charge in [-0.3, -0.25) is 4.79 Å². The molecule has 4 N–H and O–H groups in total. The topological polar surface area (TPSA) is 110 Å². The lowest BCUT2D eigenvalue weighted by atomic mass is 9.97. The van der Waals surface area contributed by atoms with Gasteiger partial charge in [0.1, 0.15) is 24.4 Å². The van der Waals surface area contributed by atoms with Crippen LogP contribution < -0.4 is 0 Å². The van der Waals surface area contributed by atoms with Gasteiger partial charge in [0.05, 0.1) is 6.61 Å². The second kappa shape index (κ2) is 25.7. The maximum atomic E-state index is 13.3. The van der Waals surface area contributed by atoms with Gasteiger partial charge >= 0.3 is 0 Å². The summed E-state index contributed by atoms with van der Waals surface area (Å²) in [6.45, 7) is 4.44. The minimum Gasteiger partial charge on any atom is -0.394 e. The molecule has 7 heteroatoms. The van der Waals surface area contributed by atoms with E-state index in [1.807, 2.05) is 0 Å². The van der Waals surface area contributed by atoms with Crippen molar-refractivity contribution in [2.45, 2.75) is 199 Å². The highest BCUT2D eigenvalue weighted by Gasteiger charge is 2.46. The molecule has 244 valence electrons. The van der Waals surface area contributed by atoms with Crippen LogP contribution in [0, 0.1) is 0 Å². The number of hydrogen-bond acceptors (Lipinski definition) is 6. The molecule has 1 amide bonds. The predicted octanol–water partition coefficient (Wildman–Crippen LogP) is 7.02. The molecule has 41 heavy (non-hydrogen) atoms. The fourth-order valence-corrected chi connectivity index (χ4v) is 5.94. The molecule has 0 aromatic carbocycles. The van der Waals surface area contributed by atoms with E-state index in [1.54, 1.807) is 4.90 Å². The maximum absolute atomic E-state index is 13.3. The Balaban J connectivity index is 2.39. The van der Waals surface area contributed by atoms with Gasteiger partial charge in [-0.15, -0.1) is 0 Å². The Bertz CT molecular complexity index is 604. The molecule has 2 unspecified atom stereocenters. The summed E-state index contributed by atoms with van der Waals surface area (Å²) in [6, 6.07) is 0. The van der Waals surface area contributed by atoms with Crippen LogP contribution >= 0.6 is 0 Å². The van der Waals surface area contributed by atoms with Crippen molar-refractivity contribution >= 4 is 5.91 Å². The Morgan fingerprint density at radius 1 is 0.561 bits per heavy atom. The van der Waals surface area contributed by atoms with Crippen LogP contribution in [0.2, 0.25) is 0 Å². The molecular formula is C34H67NO6. The van der Waals surface area contributed by atoms with E-state index in [-0.39, 0.29) is 5.91 Å². The first-order valence-corrected chi connectivity index (χ1v) is 17.6. The molecule has 1 saturated heterocycles. The molecule has 0 aliphatic carbocycles. The average molecular weight is 586 g/mol. The summed E-state index contributed by atoms with van der Waals surface area (Å²) in [4.78, 5) is 14.8. The van der Waals surface area contributed by atoms with Crippen molar-refractivity contribution in [2.24, 2.45) is 0 Å². The number of carbonyl (C=O) groups is 1. The molecule has 1 aliphatic heterocycles. The highest BCUT2D eigenvalue weighted by atomic mass is 16.6. The number of aliphatic hydroxyl groups is 4. The number of amides is 1. The van der Waals surface area contributed by atoms with Gasteiger partial charge in [-0.2, -0.15) is 0 Å². The summed E-state index contributed by atoms with van der Waals surface area (Å²) < 4.78 is 5.77. The summed E-state index contributed by atoms with van der Waals surface area (Å²) in [6.07, 6.45) is 22.1. The lowest BCUT2D eigenvalue weighted by Crippen LogP contribution is -2.64. The van der Waals surface area contributed by atoms with Crippen molar-refractivity contribution in [3.8, 4) is 0 Å². The first kappa shape index (κ1) is 38.3. The summed E-state index contributed by atoms with van der Waals surface area (Å²) >= 11 is 0. The van der Waals surface area contributed by atoms with E-state index >= 15 is 0 Å². The van der Waals surface area contributed by atoms with Crippen LogP contribution in [0.3, 0.4) is 0 Å². The molecule has 1 heterocycles. The van der Waals surface area contributed by atoms with Crippen LogP contribution in [-0.4, -0.2) is 75.0 Å². The summed E-state index contributed by atoms with van der Waals surface area (Å²) in [5.74, 6) is -0.0895. The summed E-state index contributed by atoms with van der Waals surface area (Å²) in [5, 5.41) is 40.8. The Kier molecular flexibility index (Phi) is 24.0. The van der Waals surface area contributed by atoms with Crippen molar-refractivity contribution in [3.63, 3.8) is 0 Å². The van der Waals surface area contributed by atoms with Crippen LogP contribution in [0.15, 0.2) is 0 Å². The van der Waals surface area contributed by atoms with Gasteiger partial charge < -0.3 is 30.1 Å². The summed E-state index contributed by atoms with van der Waals surface area (Å²) in [7, 11) is 0. The van der Waals surface area contributed by atoms with Crippen LogP contribution in [0.1, 0.15) is 168 Å². The zero-order chi connectivity index (χ0) is 30.1. The van der Waals surface area contributed by atoms with Gasteiger partial charge in [-0.1, -0.05) is 149 Å². The third-order valence-electron chi connectivity index (χ3n) is 8.74. The Morgan fingerprint density at radius 2 is 0.951 bits per heavy atom. The number of unbranched alkanes of at least 4 members (excludes halogenated alkanes) is 21. The summed E-state index contributed by atoms with van der Waals surface area (Å²) in [5.41, 5.74) is 0. The van der Waals surface area contributed by atoms with Gasteiger partial charge in [0.2, 0.25) is 5.91 Å². The molecule has 5 atom stereocenters. The molecule has 0 aromatic rings. The van der Waals surface area contributed by atoms with Crippen molar-refractivity contribution in [1.29, 1.82) is 0 Å². The van der Waals surface area contributed by atoms with E-state index in [9.17, 15) is 25.2 Å². The average Bonchev–Trinajstić information content (AvgIpc) is 2.97. The number of carbonyl (C=O) groups excluding carboxylic acids is 1. The van der Waals surface area contributed by atoms with E-state index in [1.165, 1.54) is 109 Å². The van der Waals surface area contributed by atoms with Crippen molar-refractivity contribution < 1.29 is 30.0 Å². The molecule has 1 rings (SSSR count).